The van der Waals surface area contributed by atoms with Gasteiger partial charge in [-0.05, 0) is 48.4 Å². The predicted molar refractivity (Wildman–Crippen MR) is 127 cm³/mol. The van der Waals surface area contributed by atoms with Crippen molar-refractivity contribution in [2.24, 2.45) is 5.16 Å². The summed E-state index contributed by atoms with van der Waals surface area (Å²) < 4.78 is 66.4. The van der Waals surface area contributed by atoms with Gasteiger partial charge in [-0.15, -0.1) is 0 Å². The monoisotopic (exact) mass is 499 g/mol. The molecule has 0 aliphatic heterocycles. The van der Waals surface area contributed by atoms with Crippen LogP contribution in [-0.2, 0) is 16.0 Å². The van der Waals surface area contributed by atoms with Crippen LogP contribution in [0.4, 0.5) is 13.2 Å². The zero-order valence-electron chi connectivity index (χ0n) is 18.7. The summed E-state index contributed by atoms with van der Waals surface area (Å²) in [6.07, 6.45) is -1.97. The Hall–Kier alpha value is -3.92. The molecule has 0 saturated carbocycles. The second kappa shape index (κ2) is 9.03. The Balaban J connectivity index is 1.84. The van der Waals surface area contributed by atoms with E-state index in [1.165, 1.54) is 42.0 Å². The average molecular weight is 500 g/mol. The van der Waals surface area contributed by atoms with Crippen LogP contribution in [0.1, 0.15) is 18.2 Å². The van der Waals surface area contributed by atoms with Crippen molar-refractivity contribution in [1.29, 1.82) is 0 Å². The smallest absolute Gasteiger partial charge is 0.411 e. The molecule has 1 heterocycles. The largest absolute Gasteiger partial charge is 0.417 e. The zero-order chi connectivity index (χ0) is 25.4. The molecule has 0 aliphatic rings. The maximum Gasteiger partial charge on any atom is 0.417 e. The molecular formula is C25H20F3N3O3S. The summed E-state index contributed by atoms with van der Waals surface area (Å²) in [5.74, 6) is 0.0303. The maximum absolute atomic E-state index is 13.7. The number of benzene rings is 3. The molecule has 3 aromatic carbocycles. The van der Waals surface area contributed by atoms with Gasteiger partial charge in [-0.2, -0.15) is 13.2 Å². The molecule has 35 heavy (non-hydrogen) atoms. The Morgan fingerprint density at radius 3 is 2.29 bits per heavy atom. The summed E-state index contributed by atoms with van der Waals surface area (Å²) in [6, 6.07) is 18.5. The quantitative estimate of drug-likeness (QED) is 0.213. The molecule has 1 N–H and O–H groups in total. The molecule has 0 unspecified atom stereocenters. The number of hydrogen-bond donors (Lipinski definition) is 1. The second-order valence-corrected chi connectivity index (χ2v) is 9.91. The number of hydrogen-bond acceptors (Lipinski definition) is 5. The Morgan fingerprint density at radius 2 is 1.66 bits per heavy atom. The zero-order valence-corrected chi connectivity index (χ0v) is 19.5. The predicted octanol–water partition coefficient (Wildman–Crippen LogP) is 5.83. The lowest BCUT2D eigenvalue weighted by Gasteiger charge is -2.14. The van der Waals surface area contributed by atoms with Crippen LogP contribution >= 0.6 is 0 Å². The minimum atomic E-state index is -4.60. The lowest BCUT2D eigenvalue weighted by Crippen LogP contribution is -2.09. The van der Waals surface area contributed by atoms with Gasteiger partial charge in [0, 0.05) is 23.7 Å². The molecule has 0 aliphatic carbocycles. The average Bonchev–Trinajstić information content (AvgIpc) is 3.28. The van der Waals surface area contributed by atoms with Gasteiger partial charge in [0.2, 0.25) is 0 Å². The van der Waals surface area contributed by atoms with Crippen LogP contribution in [0, 0.1) is 0 Å². The first-order chi connectivity index (χ1) is 16.5. The molecule has 0 fully saturated rings. The third kappa shape index (κ3) is 4.97. The van der Waals surface area contributed by atoms with E-state index in [0.29, 0.717) is 11.3 Å². The molecule has 6 nitrogen and oxygen atoms in total. The van der Waals surface area contributed by atoms with E-state index in [9.17, 15) is 26.8 Å². The fourth-order valence-electron chi connectivity index (χ4n) is 3.64. The van der Waals surface area contributed by atoms with Crippen LogP contribution in [0.25, 0.3) is 28.2 Å². The van der Waals surface area contributed by atoms with Gasteiger partial charge < -0.3 is 5.21 Å². The van der Waals surface area contributed by atoms with Crippen molar-refractivity contribution < 1.29 is 26.8 Å². The number of sulfone groups is 1. The molecule has 0 atom stereocenters. The van der Waals surface area contributed by atoms with Crippen molar-refractivity contribution in [2.45, 2.75) is 18.0 Å². The van der Waals surface area contributed by atoms with Crippen LogP contribution in [0.15, 0.2) is 89.0 Å². The van der Waals surface area contributed by atoms with Crippen molar-refractivity contribution >= 4 is 15.5 Å². The highest BCUT2D eigenvalue weighted by atomic mass is 32.2. The summed E-state index contributed by atoms with van der Waals surface area (Å²) >= 11 is 0. The molecule has 0 spiro atoms. The van der Waals surface area contributed by atoms with Crippen LogP contribution in [-0.4, -0.2) is 35.1 Å². The molecule has 10 heteroatoms. The first kappa shape index (κ1) is 24.2. The molecule has 4 aromatic rings. The summed E-state index contributed by atoms with van der Waals surface area (Å²) in [5, 5.41) is 12.3. The lowest BCUT2D eigenvalue weighted by molar-refractivity contribution is -0.137. The number of halogens is 3. The van der Waals surface area contributed by atoms with Gasteiger partial charge in [-0.1, -0.05) is 47.6 Å². The van der Waals surface area contributed by atoms with E-state index in [1.807, 2.05) is 0 Å². The van der Waals surface area contributed by atoms with E-state index < -0.39 is 21.6 Å². The minimum absolute atomic E-state index is 0.0303. The van der Waals surface area contributed by atoms with Crippen LogP contribution < -0.4 is 0 Å². The lowest BCUT2D eigenvalue weighted by atomic mass is 10.0. The van der Waals surface area contributed by atoms with Gasteiger partial charge >= 0.3 is 6.18 Å². The molecular weight excluding hydrogens is 479 g/mol. The topological polar surface area (TPSA) is 84.5 Å². The van der Waals surface area contributed by atoms with E-state index in [2.05, 4.69) is 10.1 Å². The molecule has 1 aromatic heterocycles. The second-order valence-electron chi connectivity index (χ2n) is 7.90. The van der Waals surface area contributed by atoms with Gasteiger partial charge in [0.05, 0.1) is 10.5 Å². The summed E-state index contributed by atoms with van der Waals surface area (Å²) in [5.41, 5.74) is 1.31. The van der Waals surface area contributed by atoms with Gasteiger partial charge in [-0.25, -0.2) is 13.4 Å². The van der Waals surface area contributed by atoms with E-state index in [1.54, 1.807) is 42.5 Å². The van der Waals surface area contributed by atoms with Gasteiger partial charge in [0.1, 0.15) is 17.2 Å². The van der Waals surface area contributed by atoms with Gasteiger partial charge in [-0.3, -0.25) is 4.57 Å². The number of nitrogens with zero attached hydrogens (tertiary/aromatic N) is 3. The summed E-state index contributed by atoms with van der Waals surface area (Å²) in [6.45, 7) is 1.49. The van der Waals surface area contributed by atoms with Crippen LogP contribution in [0.2, 0.25) is 0 Å². The Bertz CT molecular complexity index is 1520. The van der Waals surface area contributed by atoms with E-state index in [0.717, 1.165) is 17.9 Å². The highest BCUT2D eigenvalue weighted by molar-refractivity contribution is 7.90. The summed E-state index contributed by atoms with van der Waals surface area (Å²) in [7, 11) is -3.38. The molecule has 0 amide bonds. The number of imidazole rings is 1. The normalized spacial score (nSPS) is 12.7. The minimum Gasteiger partial charge on any atom is -0.411 e. The van der Waals surface area contributed by atoms with Crippen molar-refractivity contribution in [1.82, 2.24) is 9.55 Å². The number of rotatable bonds is 5. The summed E-state index contributed by atoms with van der Waals surface area (Å²) in [4.78, 5) is 4.51. The standard InChI is InChI=1S/C25H20F3N3O3S/c1-16(30-32)23-15-31(24(29-23)21-8-3-4-9-22(21)25(26,27)28)19-12-10-17(11-13-19)18-6-5-7-20(14-18)35(2,33)34/h3-15,32H,1-2H3/b30-16+. The molecule has 180 valence electrons. The molecule has 0 radical (unpaired) electrons. The Labute approximate surface area is 199 Å². The third-order valence-electron chi connectivity index (χ3n) is 5.44. The van der Waals surface area contributed by atoms with Crippen molar-refractivity contribution in [3.63, 3.8) is 0 Å². The maximum atomic E-state index is 13.7. The Morgan fingerprint density at radius 1 is 0.971 bits per heavy atom. The van der Waals surface area contributed by atoms with Crippen molar-refractivity contribution in [3.8, 4) is 28.2 Å². The number of aromatic nitrogens is 2. The fraction of sp³-hybridized carbons (Fsp3) is 0.120. The molecule has 0 saturated heterocycles. The molecule has 0 bridgehead atoms. The number of alkyl halides is 3. The first-order valence-corrected chi connectivity index (χ1v) is 12.2. The van der Waals surface area contributed by atoms with Gasteiger partial charge in [0.15, 0.2) is 9.84 Å². The fourth-order valence-corrected chi connectivity index (χ4v) is 4.31. The van der Waals surface area contributed by atoms with E-state index >= 15 is 0 Å². The van der Waals surface area contributed by atoms with Crippen LogP contribution in [0.5, 0.6) is 0 Å². The van der Waals surface area contributed by atoms with Crippen molar-refractivity contribution in [2.75, 3.05) is 6.26 Å². The van der Waals surface area contributed by atoms with Crippen molar-refractivity contribution in [3.05, 3.63) is 90.3 Å². The van der Waals surface area contributed by atoms with E-state index in [4.69, 9.17) is 0 Å². The SMILES string of the molecule is C/C(=N\O)c1cn(-c2ccc(-c3cccc(S(C)(=O)=O)c3)cc2)c(-c2ccccc2C(F)(F)F)n1. The molecule has 4 rings (SSSR count). The highest BCUT2D eigenvalue weighted by Gasteiger charge is 2.34. The first-order valence-electron chi connectivity index (χ1n) is 10.3. The Kier molecular flexibility index (Phi) is 6.25. The van der Waals surface area contributed by atoms with E-state index in [-0.39, 0.29) is 27.7 Å². The number of oxime groups is 1. The third-order valence-corrected chi connectivity index (χ3v) is 6.55. The highest BCUT2D eigenvalue weighted by Crippen LogP contribution is 2.37. The van der Waals surface area contributed by atoms with Gasteiger partial charge in [0.25, 0.3) is 0 Å². The van der Waals surface area contributed by atoms with Crippen LogP contribution in [0.3, 0.4) is 0 Å².